The fourth-order valence-electron chi connectivity index (χ4n) is 2.24. The largest absolute Gasteiger partial charge is 0.333 e. The van der Waals surface area contributed by atoms with Gasteiger partial charge in [-0.1, -0.05) is 12.1 Å². The van der Waals surface area contributed by atoms with E-state index >= 15 is 0 Å². The number of nitrogens with zero attached hydrogens (tertiary/aromatic N) is 2. The number of thiazole rings is 1. The average Bonchev–Trinajstić information content (AvgIpc) is 3.17. The third-order valence-electron chi connectivity index (χ3n) is 3.88. The summed E-state index contributed by atoms with van der Waals surface area (Å²) in [6.45, 7) is 4.06. The number of amides is 1. The molecule has 2 aromatic heterocycles. The van der Waals surface area contributed by atoms with Gasteiger partial charge in [0.1, 0.15) is 5.01 Å². The minimum absolute atomic E-state index is 0.00967. The van der Waals surface area contributed by atoms with Crippen molar-refractivity contribution in [3.05, 3.63) is 57.2 Å². The molecule has 0 radical (unpaired) electrons. The summed E-state index contributed by atoms with van der Waals surface area (Å²) in [5, 5.41) is 3.00. The van der Waals surface area contributed by atoms with Crippen molar-refractivity contribution >= 4 is 44.9 Å². The molecule has 0 N–H and O–H groups in total. The first-order valence-electron chi connectivity index (χ1n) is 7.40. The SMILES string of the molecule is Cc1ccsc1/C=C/C(=O)N(C)[C@H](C)c1nc2ccccc2s1. The molecule has 1 aromatic carbocycles. The molecule has 118 valence electrons. The van der Waals surface area contributed by atoms with Crippen LogP contribution in [0.4, 0.5) is 0 Å². The van der Waals surface area contributed by atoms with Crippen LogP contribution in [-0.4, -0.2) is 22.8 Å². The molecule has 0 unspecified atom stereocenters. The van der Waals surface area contributed by atoms with Crippen LogP contribution in [0.25, 0.3) is 16.3 Å². The maximum absolute atomic E-state index is 12.4. The first-order chi connectivity index (χ1) is 11.1. The minimum Gasteiger partial charge on any atom is -0.333 e. The molecule has 1 amide bonds. The van der Waals surface area contributed by atoms with Crippen LogP contribution >= 0.6 is 22.7 Å². The lowest BCUT2D eigenvalue weighted by molar-refractivity contribution is -0.126. The lowest BCUT2D eigenvalue weighted by atomic mass is 10.2. The number of carbonyl (C=O) groups excluding carboxylic acids is 1. The van der Waals surface area contributed by atoms with Gasteiger partial charge in [-0.25, -0.2) is 4.98 Å². The lowest BCUT2D eigenvalue weighted by Crippen LogP contribution is -2.27. The summed E-state index contributed by atoms with van der Waals surface area (Å²) < 4.78 is 1.15. The van der Waals surface area contributed by atoms with Crippen LogP contribution in [0.5, 0.6) is 0 Å². The van der Waals surface area contributed by atoms with Gasteiger partial charge >= 0.3 is 0 Å². The second-order valence-corrected chi connectivity index (χ2v) is 7.46. The zero-order chi connectivity index (χ0) is 16.4. The highest BCUT2D eigenvalue weighted by Gasteiger charge is 2.19. The van der Waals surface area contributed by atoms with Crippen molar-refractivity contribution < 1.29 is 4.79 Å². The third kappa shape index (κ3) is 3.35. The summed E-state index contributed by atoms with van der Waals surface area (Å²) in [6, 6.07) is 10.1. The second-order valence-electron chi connectivity index (χ2n) is 5.45. The second kappa shape index (κ2) is 6.64. The Hall–Kier alpha value is -1.98. The molecule has 3 nitrogen and oxygen atoms in total. The Bertz CT molecular complexity index is 830. The fraction of sp³-hybridized carbons (Fsp3) is 0.222. The first-order valence-corrected chi connectivity index (χ1v) is 9.10. The highest BCUT2D eigenvalue weighted by atomic mass is 32.1. The van der Waals surface area contributed by atoms with Gasteiger partial charge in [0.05, 0.1) is 16.3 Å². The van der Waals surface area contributed by atoms with Crippen molar-refractivity contribution in [2.75, 3.05) is 7.05 Å². The monoisotopic (exact) mass is 342 g/mol. The van der Waals surface area contributed by atoms with Crippen LogP contribution in [0.3, 0.4) is 0 Å². The van der Waals surface area contributed by atoms with E-state index in [1.54, 1.807) is 33.6 Å². The average molecular weight is 342 g/mol. The van der Waals surface area contributed by atoms with Gasteiger partial charge in [0.25, 0.3) is 0 Å². The number of aryl methyl sites for hydroxylation is 1. The fourth-order valence-corrected chi connectivity index (χ4v) is 4.13. The molecule has 0 saturated heterocycles. The molecule has 0 spiro atoms. The van der Waals surface area contributed by atoms with E-state index in [0.717, 1.165) is 20.1 Å². The van der Waals surface area contributed by atoms with Crippen molar-refractivity contribution in [2.24, 2.45) is 0 Å². The molecule has 0 saturated carbocycles. The van der Waals surface area contributed by atoms with Crippen molar-refractivity contribution in [3.63, 3.8) is 0 Å². The molecule has 1 atom stereocenters. The van der Waals surface area contributed by atoms with Gasteiger partial charge in [-0.05, 0) is 49.1 Å². The molecule has 2 heterocycles. The Kier molecular flexibility index (Phi) is 4.59. The number of likely N-dealkylation sites (N-methyl/N-ethyl adjacent to an activating group) is 1. The number of hydrogen-bond donors (Lipinski definition) is 0. The van der Waals surface area contributed by atoms with Gasteiger partial charge in [0.15, 0.2) is 0 Å². The molecule has 0 aliphatic carbocycles. The number of fused-ring (bicyclic) bond motifs is 1. The van der Waals surface area contributed by atoms with Gasteiger partial charge in [0, 0.05) is 18.0 Å². The predicted octanol–water partition coefficient (Wildman–Crippen LogP) is 4.90. The summed E-state index contributed by atoms with van der Waals surface area (Å²) in [6.07, 6.45) is 3.53. The molecule has 0 bridgehead atoms. The molecule has 5 heteroatoms. The summed E-state index contributed by atoms with van der Waals surface area (Å²) in [7, 11) is 1.82. The van der Waals surface area contributed by atoms with E-state index in [4.69, 9.17) is 0 Å². The summed E-state index contributed by atoms with van der Waals surface area (Å²) in [5.41, 5.74) is 2.19. The van der Waals surface area contributed by atoms with Crippen molar-refractivity contribution in [1.29, 1.82) is 0 Å². The quantitative estimate of drug-likeness (QED) is 0.632. The van der Waals surface area contributed by atoms with Crippen LogP contribution < -0.4 is 0 Å². The number of rotatable bonds is 4. The van der Waals surface area contributed by atoms with Crippen molar-refractivity contribution in [2.45, 2.75) is 19.9 Å². The molecule has 3 aromatic rings. The molecule has 23 heavy (non-hydrogen) atoms. The van der Waals surface area contributed by atoms with Crippen LogP contribution in [-0.2, 0) is 4.79 Å². The predicted molar refractivity (Wildman–Crippen MR) is 98.9 cm³/mol. The summed E-state index contributed by atoms with van der Waals surface area (Å²) >= 11 is 3.29. The standard InChI is InChI=1S/C18H18N2OS2/c1-12-10-11-22-15(12)8-9-17(21)20(3)13(2)18-19-14-6-4-5-7-16(14)23-18/h4-11,13H,1-3H3/b9-8+/t13-/m1/s1. The number of para-hydroxylation sites is 1. The highest BCUT2D eigenvalue weighted by Crippen LogP contribution is 2.29. The Morgan fingerprint density at radius 2 is 2.09 bits per heavy atom. The van der Waals surface area contributed by atoms with Crippen LogP contribution in [0.15, 0.2) is 41.8 Å². The van der Waals surface area contributed by atoms with Gasteiger partial charge in [0.2, 0.25) is 5.91 Å². The minimum atomic E-state index is -0.0472. The molecule has 3 rings (SSSR count). The van der Waals surface area contributed by atoms with E-state index in [1.165, 1.54) is 5.56 Å². The molecule has 0 aliphatic rings. The molecular weight excluding hydrogens is 324 g/mol. The van der Waals surface area contributed by atoms with Crippen LogP contribution in [0.1, 0.15) is 28.4 Å². The number of aromatic nitrogens is 1. The summed E-state index contributed by atoms with van der Waals surface area (Å²) in [5.74, 6) is -0.00967. The van der Waals surface area contributed by atoms with Crippen LogP contribution in [0.2, 0.25) is 0 Å². The maximum atomic E-state index is 12.4. The Morgan fingerprint density at radius 3 is 2.78 bits per heavy atom. The topological polar surface area (TPSA) is 33.2 Å². The number of thiophene rings is 1. The van der Waals surface area contributed by atoms with Crippen molar-refractivity contribution in [1.82, 2.24) is 9.88 Å². The van der Waals surface area contributed by atoms with E-state index in [-0.39, 0.29) is 11.9 Å². The highest BCUT2D eigenvalue weighted by molar-refractivity contribution is 7.18. The third-order valence-corrected chi connectivity index (χ3v) is 6.07. The normalized spacial score (nSPS) is 12.8. The molecule has 0 fully saturated rings. The smallest absolute Gasteiger partial charge is 0.246 e. The number of benzene rings is 1. The lowest BCUT2D eigenvalue weighted by Gasteiger charge is -2.21. The molecular formula is C18H18N2OS2. The zero-order valence-corrected chi connectivity index (χ0v) is 14.9. The van der Waals surface area contributed by atoms with Gasteiger partial charge in [-0.15, -0.1) is 22.7 Å². The van der Waals surface area contributed by atoms with Crippen LogP contribution in [0, 0.1) is 6.92 Å². The number of carbonyl (C=O) groups is 1. The Balaban J connectivity index is 1.76. The van der Waals surface area contributed by atoms with Gasteiger partial charge < -0.3 is 4.90 Å². The van der Waals surface area contributed by atoms with E-state index < -0.39 is 0 Å². The van der Waals surface area contributed by atoms with E-state index in [2.05, 4.69) is 17.1 Å². The number of hydrogen-bond acceptors (Lipinski definition) is 4. The van der Waals surface area contributed by atoms with Crippen molar-refractivity contribution in [3.8, 4) is 0 Å². The first kappa shape index (κ1) is 15.9. The van der Waals surface area contributed by atoms with Gasteiger partial charge in [-0.2, -0.15) is 0 Å². The zero-order valence-electron chi connectivity index (χ0n) is 13.3. The molecule has 0 aliphatic heterocycles. The van der Waals surface area contributed by atoms with E-state index in [0.29, 0.717) is 0 Å². The Morgan fingerprint density at radius 1 is 1.30 bits per heavy atom. The van der Waals surface area contributed by atoms with E-state index in [9.17, 15) is 4.79 Å². The summed E-state index contributed by atoms with van der Waals surface area (Å²) in [4.78, 5) is 19.9. The van der Waals surface area contributed by atoms with Gasteiger partial charge in [-0.3, -0.25) is 4.79 Å². The maximum Gasteiger partial charge on any atom is 0.246 e. The Labute approximate surface area is 143 Å². The van der Waals surface area contributed by atoms with E-state index in [1.807, 2.05) is 50.6 Å².